The third-order valence-electron chi connectivity index (χ3n) is 1.94. The molecule has 6 nitrogen and oxygen atoms in total. The predicted octanol–water partition coefficient (Wildman–Crippen LogP) is 1.97. The van der Waals surface area contributed by atoms with Crippen molar-refractivity contribution in [3.8, 4) is 0 Å². The number of ketones is 1. The first-order valence-corrected chi connectivity index (χ1v) is 4.56. The number of Topliss-reactive ketones (excluding diaryl/α,β-unsaturated/α-hetero) is 1. The summed E-state index contributed by atoms with van der Waals surface area (Å²) in [6.45, 7) is 3.00. The minimum Gasteiger partial charge on any atom is -0.293 e. The number of nitrogens with zero attached hydrogens (tertiary/aromatic N) is 2. The number of hydrazone groups is 1. The summed E-state index contributed by atoms with van der Waals surface area (Å²) in [5, 5.41) is 14.2. The summed E-state index contributed by atoms with van der Waals surface area (Å²) in [5.41, 5.74) is 3.58. The summed E-state index contributed by atoms with van der Waals surface area (Å²) < 4.78 is 0. The highest BCUT2D eigenvalue weighted by atomic mass is 16.6. The van der Waals surface area contributed by atoms with E-state index in [1.54, 1.807) is 6.92 Å². The second-order valence-corrected chi connectivity index (χ2v) is 3.17. The fourth-order valence-corrected chi connectivity index (χ4v) is 0.885. The summed E-state index contributed by atoms with van der Waals surface area (Å²) in [4.78, 5) is 20.8. The molecule has 0 aromatic heterocycles. The van der Waals surface area contributed by atoms with Crippen LogP contribution in [0.4, 0.5) is 11.4 Å². The largest absolute Gasteiger partial charge is 0.293 e. The molecule has 0 saturated carbocycles. The number of rotatable bonds is 4. The summed E-state index contributed by atoms with van der Waals surface area (Å²) in [6, 6.07) is 5.77. The van der Waals surface area contributed by atoms with Crippen LogP contribution in [0.2, 0.25) is 0 Å². The topological polar surface area (TPSA) is 84.6 Å². The highest BCUT2D eigenvalue weighted by molar-refractivity contribution is 6.38. The summed E-state index contributed by atoms with van der Waals surface area (Å²) >= 11 is 0. The average molecular weight is 221 g/mol. The molecule has 0 aliphatic heterocycles. The first-order valence-electron chi connectivity index (χ1n) is 4.56. The van der Waals surface area contributed by atoms with Gasteiger partial charge in [-0.25, -0.2) is 0 Å². The molecule has 1 N–H and O–H groups in total. The lowest BCUT2D eigenvalue weighted by Crippen LogP contribution is -2.07. The molecule has 1 aromatic carbocycles. The van der Waals surface area contributed by atoms with Gasteiger partial charge < -0.3 is 0 Å². The second kappa shape index (κ2) is 5.01. The van der Waals surface area contributed by atoms with Crippen LogP contribution < -0.4 is 5.43 Å². The van der Waals surface area contributed by atoms with Crippen LogP contribution in [-0.2, 0) is 4.79 Å². The first-order chi connectivity index (χ1) is 7.50. The Hall–Kier alpha value is -2.24. The molecular weight excluding hydrogens is 210 g/mol. The fraction of sp³-hybridized carbons (Fsp3) is 0.200. The van der Waals surface area contributed by atoms with Crippen molar-refractivity contribution >= 4 is 22.9 Å². The second-order valence-electron chi connectivity index (χ2n) is 3.17. The number of anilines is 1. The van der Waals surface area contributed by atoms with Crippen molar-refractivity contribution in [3.05, 3.63) is 34.4 Å². The maximum Gasteiger partial charge on any atom is 0.269 e. The van der Waals surface area contributed by atoms with Gasteiger partial charge in [-0.2, -0.15) is 5.10 Å². The molecule has 16 heavy (non-hydrogen) atoms. The van der Waals surface area contributed by atoms with Crippen molar-refractivity contribution in [3.63, 3.8) is 0 Å². The summed E-state index contributed by atoms with van der Waals surface area (Å²) in [6.07, 6.45) is 0. The van der Waals surface area contributed by atoms with E-state index in [-0.39, 0.29) is 11.5 Å². The van der Waals surface area contributed by atoms with Gasteiger partial charge in [-0.1, -0.05) is 0 Å². The number of nitro groups is 1. The van der Waals surface area contributed by atoms with Crippen molar-refractivity contribution in [1.29, 1.82) is 0 Å². The van der Waals surface area contributed by atoms with E-state index in [0.717, 1.165) is 0 Å². The lowest BCUT2D eigenvalue weighted by atomic mass is 10.3. The third-order valence-corrected chi connectivity index (χ3v) is 1.94. The van der Waals surface area contributed by atoms with Gasteiger partial charge in [-0.05, 0) is 19.1 Å². The highest BCUT2D eigenvalue weighted by Crippen LogP contribution is 2.15. The molecule has 6 heteroatoms. The van der Waals surface area contributed by atoms with E-state index in [2.05, 4.69) is 10.5 Å². The maximum absolute atomic E-state index is 10.8. The highest BCUT2D eigenvalue weighted by Gasteiger charge is 2.03. The van der Waals surface area contributed by atoms with E-state index in [0.29, 0.717) is 11.4 Å². The number of carbonyl (C=O) groups excluding carboxylic acids is 1. The summed E-state index contributed by atoms with van der Waals surface area (Å²) in [5.74, 6) is -0.130. The minimum absolute atomic E-state index is 0.0119. The molecule has 0 heterocycles. The smallest absolute Gasteiger partial charge is 0.269 e. The molecule has 0 aliphatic carbocycles. The molecule has 0 amide bonds. The SMILES string of the molecule is CC(=O)/C(C)=N\Nc1ccc([N+](=O)[O-])cc1. The Bertz CT molecular complexity index is 437. The van der Waals surface area contributed by atoms with Gasteiger partial charge in [0.2, 0.25) is 0 Å². The van der Waals surface area contributed by atoms with E-state index in [4.69, 9.17) is 0 Å². The number of non-ortho nitro benzene ring substituents is 1. The zero-order chi connectivity index (χ0) is 12.1. The molecule has 1 aromatic rings. The van der Waals surface area contributed by atoms with Gasteiger partial charge in [-0.15, -0.1) is 0 Å². The van der Waals surface area contributed by atoms with Gasteiger partial charge in [0.05, 0.1) is 10.6 Å². The van der Waals surface area contributed by atoms with Gasteiger partial charge in [0, 0.05) is 19.1 Å². The van der Waals surface area contributed by atoms with Crippen molar-refractivity contribution in [2.45, 2.75) is 13.8 Å². The van der Waals surface area contributed by atoms with E-state index in [1.807, 2.05) is 0 Å². The predicted molar refractivity (Wildman–Crippen MR) is 60.5 cm³/mol. The number of benzene rings is 1. The maximum atomic E-state index is 10.8. The van der Waals surface area contributed by atoms with Crippen molar-refractivity contribution in [1.82, 2.24) is 0 Å². The molecule has 0 atom stereocenters. The number of hydrogen-bond donors (Lipinski definition) is 1. The Labute approximate surface area is 92.1 Å². The summed E-state index contributed by atoms with van der Waals surface area (Å²) in [7, 11) is 0. The van der Waals surface area contributed by atoms with E-state index in [9.17, 15) is 14.9 Å². The molecule has 0 spiro atoms. The van der Waals surface area contributed by atoms with Crippen LogP contribution in [0.1, 0.15) is 13.8 Å². The lowest BCUT2D eigenvalue weighted by Gasteiger charge is -2.00. The van der Waals surface area contributed by atoms with Crippen LogP contribution in [0.3, 0.4) is 0 Å². The Morgan fingerprint density at radius 3 is 2.31 bits per heavy atom. The third kappa shape index (κ3) is 3.16. The molecule has 0 unspecified atom stereocenters. The number of nitro benzene ring substituents is 1. The van der Waals surface area contributed by atoms with E-state index >= 15 is 0 Å². The Morgan fingerprint density at radius 2 is 1.88 bits per heavy atom. The quantitative estimate of drug-likeness (QED) is 0.478. The average Bonchev–Trinajstić information content (AvgIpc) is 2.26. The first kappa shape index (κ1) is 11.8. The molecule has 1 rings (SSSR count). The van der Waals surface area contributed by atoms with Crippen LogP contribution in [-0.4, -0.2) is 16.4 Å². The molecule has 0 radical (unpaired) electrons. The fourth-order valence-electron chi connectivity index (χ4n) is 0.885. The van der Waals surface area contributed by atoms with Gasteiger partial charge in [-0.3, -0.25) is 20.3 Å². The van der Waals surface area contributed by atoms with Crippen LogP contribution in [0.15, 0.2) is 29.4 Å². The van der Waals surface area contributed by atoms with Crippen LogP contribution in [0.25, 0.3) is 0 Å². The Morgan fingerprint density at radius 1 is 1.31 bits per heavy atom. The molecular formula is C10H11N3O3. The zero-order valence-electron chi connectivity index (χ0n) is 8.93. The standard InChI is InChI=1S/C10H11N3O3/c1-7(8(2)14)11-12-9-3-5-10(6-4-9)13(15)16/h3-6,12H,1-2H3/b11-7-. The Balaban J connectivity index is 2.73. The number of nitrogens with one attached hydrogen (secondary N) is 1. The normalized spacial score (nSPS) is 11.0. The Kier molecular flexibility index (Phi) is 3.71. The van der Waals surface area contributed by atoms with Crippen LogP contribution >= 0.6 is 0 Å². The molecule has 0 aliphatic rings. The van der Waals surface area contributed by atoms with Crippen molar-refractivity contribution in [2.75, 3.05) is 5.43 Å². The van der Waals surface area contributed by atoms with Gasteiger partial charge in [0.15, 0.2) is 5.78 Å². The molecule has 0 bridgehead atoms. The zero-order valence-corrected chi connectivity index (χ0v) is 8.93. The number of hydrogen-bond acceptors (Lipinski definition) is 5. The van der Waals surface area contributed by atoms with Gasteiger partial charge in [0.1, 0.15) is 5.71 Å². The van der Waals surface area contributed by atoms with Gasteiger partial charge in [0.25, 0.3) is 5.69 Å². The van der Waals surface area contributed by atoms with Crippen molar-refractivity contribution < 1.29 is 9.72 Å². The molecule has 0 saturated heterocycles. The van der Waals surface area contributed by atoms with Gasteiger partial charge >= 0.3 is 0 Å². The molecule has 0 fully saturated rings. The number of carbonyl (C=O) groups is 1. The van der Waals surface area contributed by atoms with Crippen molar-refractivity contribution in [2.24, 2.45) is 5.10 Å². The van der Waals surface area contributed by atoms with E-state index in [1.165, 1.54) is 31.2 Å². The van der Waals surface area contributed by atoms with Crippen LogP contribution in [0.5, 0.6) is 0 Å². The monoisotopic (exact) mass is 221 g/mol. The minimum atomic E-state index is -0.478. The lowest BCUT2D eigenvalue weighted by molar-refractivity contribution is -0.384. The van der Waals surface area contributed by atoms with E-state index < -0.39 is 4.92 Å². The molecule has 84 valence electrons. The van der Waals surface area contributed by atoms with Crippen LogP contribution in [0, 0.1) is 10.1 Å².